The van der Waals surface area contributed by atoms with Gasteiger partial charge in [0.25, 0.3) is 0 Å². The molecule has 372 valence electrons. The zero-order valence-electron chi connectivity index (χ0n) is 40.6. The maximum Gasteiger partial charge on any atom is 0.249 e. The molecule has 1 heterocycles. The average molecular weight is 904 g/mol. The van der Waals surface area contributed by atoms with Crippen LogP contribution in [0.4, 0.5) is 0 Å². The molecule has 8 unspecified atom stereocenters. The highest BCUT2D eigenvalue weighted by atomic mass is 16.7. The number of carbonyl (C=O) groups excluding carboxylic acids is 1. The van der Waals surface area contributed by atoms with Crippen molar-refractivity contribution in [3.63, 3.8) is 0 Å². The second-order valence-electron chi connectivity index (χ2n) is 18.1. The minimum absolute atomic E-state index is 0.297. The zero-order valence-corrected chi connectivity index (χ0v) is 40.6. The molecule has 0 radical (unpaired) electrons. The summed E-state index contributed by atoms with van der Waals surface area (Å²) < 4.78 is 11.1. The van der Waals surface area contributed by atoms with E-state index in [2.05, 4.69) is 67.8 Å². The number of amides is 1. The van der Waals surface area contributed by atoms with Gasteiger partial charge in [-0.05, 0) is 70.6 Å². The lowest BCUT2D eigenvalue weighted by Gasteiger charge is -2.40. The minimum atomic E-state index is -1.62. The van der Waals surface area contributed by atoms with E-state index in [-0.39, 0.29) is 6.61 Å². The van der Waals surface area contributed by atoms with Crippen molar-refractivity contribution in [2.24, 2.45) is 0 Å². The number of aliphatic hydroxyl groups is 6. The van der Waals surface area contributed by atoms with Crippen LogP contribution in [0.2, 0.25) is 0 Å². The van der Waals surface area contributed by atoms with Gasteiger partial charge in [-0.25, -0.2) is 0 Å². The molecule has 0 spiro atoms. The molecule has 0 aromatic carbocycles. The SMILES string of the molecule is CCC/C=C/CC/C=C/CC/C=C/C(O)C(COC1OC(CO)C(O)C(O)C1O)NC(=O)C(O)CCCCCCCCCCCCCC/C=C\C/C=C\CCCCCCCCCCC. The first-order chi connectivity index (χ1) is 31.3. The van der Waals surface area contributed by atoms with Crippen molar-refractivity contribution in [2.45, 2.75) is 262 Å². The molecule has 10 nitrogen and oxygen atoms in total. The van der Waals surface area contributed by atoms with Gasteiger partial charge < -0.3 is 45.4 Å². The van der Waals surface area contributed by atoms with Crippen LogP contribution >= 0.6 is 0 Å². The number of hydrogen-bond donors (Lipinski definition) is 7. The molecule has 0 aromatic rings. The van der Waals surface area contributed by atoms with Gasteiger partial charge in [0.15, 0.2) is 6.29 Å². The third-order valence-electron chi connectivity index (χ3n) is 12.1. The smallest absolute Gasteiger partial charge is 0.249 e. The standard InChI is InChI=1S/C54H97NO9/c1-3-5-7-9-11-13-15-16-17-18-19-20-21-22-23-24-25-26-27-28-29-30-31-33-35-37-39-41-43-48(58)53(62)55-46(45-63-54-52(61)51(60)50(59)49(44-56)64-54)47(57)42-40-38-36-34-32-14-12-10-8-6-4-2/h8,10,19-20,22-23,32,34,40,42,46-52,54,56-61H,3-7,9,11-18,21,24-31,33,35-39,41,43-45H2,1-2H3,(H,55,62)/b10-8+,20-19-,23-22-,34-32+,42-40+. The molecular weight excluding hydrogens is 807 g/mol. The van der Waals surface area contributed by atoms with E-state index in [9.17, 15) is 35.4 Å². The van der Waals surface area contributed by atoms with Gasteiger partial charge in [-0.1, -0.05) is 203 Å². The van der Waals surface area contributed by atoms with Crippen LogP contribution in [0.25, 0.3) is 0 Å². The number of allylic oxidation sites excluding steroid dienone is 9. The lowest BCUT2D eigenvalue weighted by atomic mass is 9.99. The first kappa shape index (κ1) is 59.9. The number of rotatable bonds is 43. The molecule has 10 heteroatoms. The van der Waals surface area contributed by atoms with Crippen molar-refractivity contribution >= 4 is 5.91 Å². The third kappa shape index (κ3) is 32.5. The molecule has 1 rings (SSSR count). The van der Waals surface area contributed by atoms with Crippen LogP contribution in [0.15, 0.2) is 60.8 Å². The van der Waals surface area contributed by atoms with Crippen LogP contribution in [0.5, 0.6) is 0 Å². The van der Waals surface area contributed by atoms with Crippen LogP contribution in [-0.4, -0.2) is 98.7 Å². The Morgan fingerprint density at radius 3 is 1.50 bits per heavy atom. The maximum absolute atomic E-state index is 13.1. The third-order valence-corrected chi connectivity index (χ3v) is 12.1. The Morgan fingerprint density at radius 1 is 0.547 bits per heavy atom. The van der Waals surface area contributed by atoms with Gasteiger partial charge in [-0.15, -0.1) is 0 Å². The Bertz CT molecular complexity index is 1200. The quantitative estimate of drug-likeness (QED) is 0.0233. The Hall–Kier alpha value is -2.15. The summed E-state index contributed by atoms with van der Waals surface area (Å²) >= 11 is 0. The summed E-state index contributed by atoms with van der Waals surface area (Å²) in [6.45, 7) is 3.50. The Balaban J connectivity index is 2.24. The Morgan fingerprint density at radius 2 is 1.00 bits per heavy atom. The lowest BCUT2D eigenvalue weighted by Crippen LogP contribution is -2.60. The number of nitrogens with one attached hydrogen (secondary N) is 1. The topological polar surface area (TPSA) is 169 Å². The monoisotopic (exact) mass is 904 g/mol. The lowest BCUT2D eigenvalue weighted by molar-refractivity contribution is -0.302. The van der Waals surface area contributed by atoms with Gasteiger partial charge in [0.05, 0.1) is 25.4 Å². The van der Waals surface area contributed by atoms with Crippen molar-refractivity contribution in [2.75, 3.05) is 13.2 Å². The van der Waals surface area contributed by atoms with Crippen molar-refractivity contribution in [3.8, 4) is 0 Å². The van der Waals surface area contributed by atoms with Gasteiger partial charge in [-0.3, -0.25) is 4.79 Å². The molecule has 64 heavy (non-hydrogen) atoms. The molecule has 1 fully saturated rings. The summed E-state index contributed by atoms with van der Waals surface area (Å²) in [7, 11) is 0. The summed E-state index contributed by atoms with van der Waals surface area (Å²) in [5.41, 5.74) is 0. The van der Waals surface area contributed by atoms with E-state index in [1.54, 1.807) is 6.08 Å². The normalized spacial score (nSPS) is 21.0. The zero-order chi connectivity index (χ0) is 46.7. The molecule has 8 atom stereocenters. The summed E-state index contributed by atoms with van der Waals surface area (Å²) in [5.74, 6) is -0.635. The van der Waals surface area contributed by atoms with E-state index < -0.39 is 61.5 Å². The van der Waals surface area contributed by atoms with E-state index in [1.165, 1.54) is 122 Å². The fraction of sp³-hybridized carbons (Fsp3) is 0.796. The van der Waals surface area contributed by atoms with Crippen molar-refractivity contribution in [1.82, 2.24) is 5.32 Å². The summed E-state index contributed by atoms with van der Waals surface area (Å²) in [6.07, 6.45) is 47.7. The molecule has 7 N–H and O–H groups in total. The molecule has 0 bridgehead atoms. The summed E-state index contributed by atoms with van der Waals surface area (Å²) in [4.78, 5) is 13.1. The molecule has 0 aliphatic carbocycles. The van der Waals surface area contributed by atoms with E-state index >= 15 is 0 Å². The molecule has 0 aromatic heterocycles. The first-order valence-corrected chi connectivity index (χ1v) is 26.1. The maximum atomic E-state index is 13.1. The fourth-order valence-corrected chi connectivity index (χ4v) is 7.88. The minimum Gasteiger partial charge on any atom is -0.394 e. The van der Waals surface area contributed by atoms with Gasteiger partial charge >= 0.3 is 0 Å². The number of hydrogen-bond acceptors (Lipinski definition) is 9. The van der Waals surface area contributed by atoms with Gasteiger partial charge in [0.2, 0.25) is 5.91 Å². The van der Waals surface area contributed by atoms with E-state index in [4.69, 9.17) is 9.47 Å². The number of aliphatic hydroxyl groups excluding tert-OH is 6. The highest BCUT2D eigenvalue weighted by Gasteiger charge is 2.44. The predicted octanol–water partition coefficient (Wildman–Crippen LogP) is 10.9. The number of unbranched alkanes of at least 4 members (excludes halogenated alkanes) is 24. The van der Waals surface area contributed by atoms with E-state index in [0.29, 0.717) is 19.3 Å². The Kier molecular flexibility index (Phi) is 40.6. The molecule has 1 aliphatic heterocycles. The average Bonchev–Trinajstić information content (AvgIpc) is 3.29. The number of ether oxygens (including phenoxy) is 2. The summed E-state index contributed by atoms with van der Waals surface area (Å²) in [6, 6.07) is -1.00. The largest absolute Gasteiger partial charge is 0.394 e. The Labute approximate surface area is 390 Å². The van der Waals surface area contributed by atoms with Gasteiger partial charge in [-0.2, -0.15) is 0 Å². The molecular formula is C54H97NO9. The van der Waals surface area contributed by atoms with Crippen molar-refractivity contribution in [1.29, 1.82) is 0 Å². The van der Waals surface area contributed by atoms with Crippen molar-refractivity contribution in [3.05, 3.63) is 60.8 Å². The van der Waals surface area contributed by atoms with Crippen LogP contribution in [0, 0.1) is 0 Å². The molecule has 1 saturated heterocycles. The molecule has 1 amide bonds. The molecule has 0 saturated carbocycles. The second kappa shape index (κ2) is 43.4. The highest BCUT2D eigenvalue weighted by Crippen LogP contribution is 2.23. The number of carbonyl (C=O) groups is 1. The van der Waals surface area contributed by atoms with Gasteiger partial charge in [0, 0.05) is 0 Å². The van der Waals surface area contributed by atoms with Crippen LogP contribution in [-0.2, 0) is 14.3 Å². The van der Waals surface area contributed by atoms with Crippen LogP contribution in [0.3, 0.4) is 0 Å². The second-order valence-corrected chi connectivity index (χ2v) is 18.1. The predicted molar refractivity (Wildman–Crippen MR) is 264 cm³/mol. The fourth-order valence-electron chi connectivity index (χ4n) is 7.88. The highest BCUT2D eigenvalue weighted by molar-refractivity contribution is 5.80. The van der Waals surface area contributed by atoms with E-state index in [0.717, 1.165) is 57.8 Å². The molecule has 1 aliphatic rings. The van der Waals surface area contributed by atoms with Crippen molar-refractivity contribution < 1.29 is 44.9 Å². The van der Waals surface area contributed by atoms with Crippen LogP contribution in [0.1, 0.15) is 213 Å². The van der Waals surface area contributed by atoms with E-state index in [1.807, 2.05) is 6.08 Å². The summed E-state index contributed by atoms with van der Waals surface area (Å²) in [5, 5.41) is 64.6. The first-order valence-electron chi connectivity index (χ1n) is 26.1. The van der Waals surface area contributed by atoms with Crippen LogP contribution < -0.4 is 5.32 Å². The van der Waals surface area contributed by atoms with Gasteiger partial charge in [0.1, 0.15) is 30.5 Å².